The van der Waals surface area contributed by atoms with Crippen LogP contribution in [0.2, 0.25) is 0 Å². The van der Waals surface area contributed by atoms with E-state index in [9.17, 15) is 35.9 Å². The third-order valence-electron chi connectivity index (χ3n) is 14.4. The summed E-state index contributed by atoms with van der Waals surface area (Å²) >= 11 is 0. The van der Waals surface area contributed by atoms with Crippen LogP contribution in [0, 0.1) is 107 Å². The Bertz CT molecular complexity index is 1060. The number of carbonyl (C=O) groups excluding carboxylic acids is 2. The van der Waals surface area contributed by atoms with Gasteiger partial charge in [-0.3, -0.25) is 0 Å². The second kappa shape index (κ2) is 4.11. The van der Waals surface area contributed by atoms with E-state index in [1.165, 1.54) is 0 Å². The molecule has 12 unspecified atom stereocenters. The molecule has 180 valence electrons. The quantitative estimate of drug-likeness (QED) is 0.447. The summed E-state index contributed by atoms with van der Waals surface area (Å²) in [5.41, 5.74) is -2.19. The van der Waals surface area contributed by atoms with Crippen molar-refractivity contribution in [2.24, 2.45) is 107 Å². The first kappa shape index (κ1) is 17.9. The highest BCUT2D eigenvalue weighted by Gasteiger charge is 3.06. The average Bonchev–Trinajstić information content (AvgIpc) is 3.47. The van der Waals surface area contributed by atoms with E-state index in [4.69, 9.17) is 9.47 Å². The monoisotopic (exact) mass is 484 g/mol. The molecule has 0 aromatic rings. The lowest BCUT2D eigenvalue weighted by molar-refractivity contribution is -0.229. The minimum atomic E-state index is -5.06. The Hall–Kier alpha value is -1.48. The maximum atomic E-state index is 13.5. The van der Waals surface area contributed by atoms with Crippen LogP contribution < -0.4 is 0 Å². The first-order chi connectivity index (χ1) is 16.0. The zero-order valence-corrected chi connectivity index (χ0v) is 17.3. The third-order valence-corrected chi connectivity index (χ3v) is 14.4. The zero-order valence-electron chi connectivity index (χ0n) is 17.3. The minimum absolute atomic E-state index is 0.00234. The lowest BCUT2D eigenvalue weighted by Crippen LogP contribution is -2.52. The molecule has 34 heavy (non-hydrogen) atoms. The van der Waals surface area contributed by atoms with Crippen LogP contribution in [0.15, 0.2) is 0 Å². The fourth-order valence-corrected chi connectivity index (χ4v) is 16.2. The molecule has 12 aliphatic rings. The fourth-order valence-electron chi connectivity index (χ4n) is 16.2. The van der Waals surface area contributed by atoms with Gasteiger partial charge in [0.05, 0.1) is 0 Å². The molecule has 10 heteroatoms. The number of ether oxygens (including phenoxy) is 2. The molecular weight excluding hydrogens is 466 g/mol. The summed E-state index contributed by atoms with van der Waals surface area (Å²) in [6.45, 7) is 0. The van der Waals surface area contributed by atoms with Crippen molar-refractivity contribution in [3.05, 3.63) is 0 Å². The largest absolute Gasteiger partial charge is 0.490 e. The van der Waals surface area contributed by atoms with Gasteiger partial charge in [0.2, 0.25) is 0 Å². The zero-order chi connectivity index (χ0) is 23.0. The summed E-state index contributed by atoms with van der Waals surface area (Å²) in [4.78, 5) is 24.6. The summed E-state index contributed by atoms with van der Waals surface area (Å²) in [6, 6.07) is 0. The summed E-state index contributed by atoms with van der Waals surface area (Å²) in [5, 5.41) is 0. The summed E-state index contributed by atoms with van der Waals surface area (Å²) in [5.74, 6) is -3.17. The van der Waals surface area contributed by atoms with Crippen LogP contribution in [-0.4, -0.2) is 35.5 Å². The molecule has 0 heterocycles. The van der Waals surface area contributed by atoms with Crippen molar-refractivity contribution in [3.8, 4) is 0 Å². The number of halogens is 6. The fraction of sp³-hybridized carbons (Fsp3) is 0.917. The Labute approximate surface area is 188 Å². The highest BCUT2D eigenvalue weighted by molar-refractivity contribution is 5.78. The molecule has 0 amide bonds. The smallest absolute Gasteiger partial charge is 0.451 e. The Morgan fingerprint density at radius 2 is 0.676 bits per heavy atom. The van der Waals surface area contributed by atoms with Crippen LogP contribution >= 0.6 is 0 Å². The molecule has 0 bridgehead atoms. The predicted molar refractivity (Wildman–Crippen MR) is 92.6 cm³/mol. The summed E-state index contributed by atoms with van der Waals surface area (Å²) < 4.78 is 92.2. The number of alkyl halides is 6. The van der Waals surface area contributed by atoms with Gasteiger partial charge in [-0.25, -0.2) is 9.59 Å². The van der Waals surface area contributed by atoms with Gasteiger partial charge < -0.3 is 9.47 Å². The van der Waals surface area contributed by atoms with Gasteiger partial charge in [0.15, 0.2) is 0 Å². The van der Waals surface area contributed by atoms with Crippen LogP contribution in [0.5, 0.6) is 0 Å². The standard InChI is InChI=1S/C24H18F6O4/c25-23(26,27)19(31)33-21-13-3-1-2-5(13)9-10-6(2)14-4(1)8-7(3)15(21)11-12(17(9)21)18(10)22(14,16(8)11)34-20(32)24(28,29)30/h1-18H. The van der Waals surface area contributed by atoms with E-state index in [-0.39, 0.29) is 94.7 Å². The second-order valence-electron chi connectivity index (χ2n) is 13.6. The highest BCUT2D eigenvalue weighted by Crippen LogP contribution is 3.04. The Morgan fingerprint density at radius 3 is 0.941 bits per heavy atom. The van der Waals surface area contributed by atoms with Crippen LogP contribution in [0.1, 0.15) is 0 Å². The molecule has 4 nitrogen and oxygen atoms in total. The molecule has 12 saturated carbocycles. The molecule has 12 atom stereocenters. The Balaban J connectivity index is 1.18. The average molecular weight is 484 g/mol. The van der Waals surface area contributed by atoms with E-state index < -0.39 is 35.5 Å². The predicted octanol–water partition coefficient (Wildman–Crippen LogP) is 2.92. The van der Waals surface area contributed by atoms with Gasteiger partial charge in [-0.2, -0.15) is 26.3 Å². The van der Waals surface area contributed by atoms with Crippen LogP contribution in [0.3, 0.4) is 0 Å². The van der Waals surface area contributed by atoms with Crippen molar-refractivity contribution in [1.29, 1.82) is 0 Å². The number of carbonyl (C=O) groups is 2. The second-order valence-corrected chi connectivity index (χ2v) is 13.6. The molecule has 0 saturated heterocycles. The number of esters is 2. The number of hydrogen-bond donors (Lipinski definition) is 0. The van der Waals surface area contributed by atoms with Gasteiger partial charge in [0.1, 0.15) is 11.2 Å². The van der Waals surface area contributed by atoms with Crippen LogP contribution in [0.4, 0.5) is 26.3 Å². The van der Waals surface area contributed by atoms with E-state index in [2.05, 4.69) is 0 Å². The van der Waals surface area contributed by atoms with Gasteiger partial charge >= 0.3 is 24.3 Å². The molecule has 0 aromatic carbocycles. The van der Waals surface area contributed by atoms with Gasteiger partial charge in [0.25, 0.3) is 0 Å². The topological polar surface area (TPSA) is 52.6 Å². The Morgan fingerprint density at radius 1 is 0.441 bits per heavy atom. The van der Waals surface area contributed by atoms with Crippen molar-refractivity contribution < 1.29 is 45.4 Å². The lowest BCUT2D eigenvalue weighted by atomic mass is 9.73. The van der Waals surface area contributed by atoms with Crippen LogP contribution in [0.25, 0.3) is 0 Å². The highest BCUT2D eigenvalue weighted by atomic mass is 19.4. The van der Waals surface area contributed by atoms with E-state index in [1.807, 2.05) is 0 Å². The maximum absolute atomic E-state index is 13.5. The maximum Gasteiger partial charge on any atom is 0.490 e. The van der Waals surface area contributed by atoms with Crippen molar-refractivity contribution in [2.75, 3.05) is 0 Å². The van der Waals surface area contributed by atoms with Gasteiger partial charge in [0, 0.05) is 35.5 Å². The first-order valence-electron chi connectivity index (χ1n) is 12.6. The van der Waals surface area contributed by atoms with E-state index >= 15 is 0 Å². The molecule has 12 rings (SSSR count). The lowest BCUT2D eigenvalue weighted by Gasteiger charge is -2.42. The molecule has 0 radical (unpaired) electrons. The van der Waals surface area contributed by atoms with Crippen LogP contribution in [-0.2, 0) is 19.1 Å². The minimum Gasteiger partial charge on any atom is -0.451 e. The first-order valence-corrected chi connectivity index (χ1v) is 12.6. The van der Waals surface area contributed by atoms with Crippen molar-refractivity contribution >= 4 is 11.9 Å². The van der Waals surface area contributed by atoms with E-state index in [0.717, 1.165) is 0 Å². The summed E-state index contributed by atoms with van der Waals surface area (Å²) in [6.07, 6.45) is -10.1. The van der Waals surface area contributed by atoms with E-state index in [1.54, 1.807) is 0 Å². The number of rotatable bonds is 2. The van der Waals surface area contributed by atoms with Gasteiger partial charge in [-0.1, -0.05) is 0 Å². The molecule has 12 aliphatic carbocycles. The summed E-state index contributed by atoms with van der Waals surface area (Å²) in [7, 11) is 0. The molecule has 0 aliphatic heterocycles. The SMILES string of the molecule is O=C(OC12C3C4C5C6C3C3C7C6C6C5C5C4C1C1C(C32)C7C6(OC(=O)C(F)(F)F)C51)C(F)(F)F. The third kappa shape index (κ3) is 1.14. The van der Waals surface area contributed by atoms with Crippen molar-refractivity contribution in [1.82, 2.24) is 0 Å². The van der Waals surface area contributed by atoms with Gasteiger partial charge in [-0.15, -0.1) is 0 Å². The molecule has 0 spiro atoms. The molecular formula is C24H18F6O4. The molecule has 12 fully saturated rings. The van der Waals surface area contributed by atoms with Gasteiger partial charge in [-0.05, 0) is 71.0 Å². The number of hydrogen-bond acceptors (Lipinski definition) is 4. The molecule has 0 N–H and O–H groups in total. The van der Waals surface area contributed by atoms with Crippen molar-refractivity contribution in [2.45, 2.75) is 23.6 Å². The molecule has 0 aromatic heterocycles. The van der Waals surface area contributed by atoms with Crippen molar-refractivity contribution in [3.63, 3.8) is 0 Å². The normalized spacial score (nSPS) is 73.5. The van der Waals surface area contributed by atoms with E-state index in [0.29, 0.717) is 11.8 Å². The Kier molecular flexibility index (Phi) is 2.16.